The Labute approximate surface area is 165 Å². The van der Waals surface area contributed by atoms with Crippen molar-refractivity contribution in [3.63, 3.8) is 0 Å². The van der Waals surface area contributed by atoms with Crippen molar-refractivity contribution in [2.75, 3.05) is 30.7 Å². The molecule has 28 heavy (non-hydrogen) atoms. The fourth-order valence-corrected chi connectivity index (χ4v) is 4.28. The normalized spacial score (nSPS) is 20.9. The van der Waals surface area contributed by atoms with E-state index in [1.807, 2.05) is 6.92 Å². The minimum atomic E-state index is -3.46. The average Bonchev–Trinajstić information content (AvgIpc) is 2.61. The number of sulfonamides is 1. The fraction of sp³-hybridized carbons (Fsp3) is 0.579. The number of fused-ring (bicyclic) bond motifs is 1. The SMILES string of the molecule is CCCCOC(=O)[C@H]1C(=O)c2ccc(NS(C)(=O)=O)cc2OC12CCNCC2. The minimum Gasteiger partial charge on any atom is -0.485 e. The monoisotopic (exact) mass is 410 g/mol. The Balaban J connectivity index is 1.96. The van der Waals surface area contributed by atoms with Crippen molar-refractivity contribution < 1.29 is 27.5 Å². The highest BCUT2D eigenvalue weighted by atomic mass is 32.2. The third-order valence-corrected chi connectivity index (χ3v) is 5.69. The van der Waals surface area contributed by atoms with Crippen LogP contribution in [0.1, 0.15) is 43.0 Å². The van der Waals surface area contributed by atoms with Crippen molar-refractivity contribution in [2.45, 2.75) is 38.2 Å². The summed E-state index contributed by atoms with van der Waals surface area (Å²) < 4.78 is 37.0. The van der Waals surface area contributed by atoms with Gasteiger partial charge in [-0.15, -0.1) is 0 Å². The third kappa shape index (κ3) is 4.30. The van der Waals surface area contributed by atoms with Crippen LogP contribution in [0.4, 0.5) is 5.69 Å². The Hall–Kier alpha value is -2.13. The molecule has 1 atom stereocenters. The molecule has 2 aliphatic rings. The van der Waals surface area contributed by atoms with Gasteiger partial charge in [-0.1, -0.05) is 13.3 Å². The topological polar surface area (TPSA) is 111 Å². The molecule has 1 spiro atoms. The molecule has 2 N–H and O–H groups in total. The number of carbonyl (C=O) groups is 2. The van der Waals surface area contributed by atoms with Crippen LogP contribution < -0.4 is 14.8 Å². The van der Waals surface area contributed by atoms with Gasteiger partial charge >= 0.3 is 5.97 Å². The van der Waals surface area contributed by atoms with E-state index in [0.717, 1.165) is 19.1 Å². The number of rotatable bonds is 6. The standard InChI is InChI=1S/C19H26N2O6S/c1-3-4-11-26-18(23)16-17(22)14-6-5-13(21-28(2,24)25)12-15(14)27-19(16)7-9-20-10-8-19/h5-6,12,16,20-21H,3-4,7-11H2,1-2H3/t16-/m1/s1. The van der Waals surface area contributed by atoms with Crippen molar-refractivity contribution in [1.82, 2.24) is 5.32 Å². The number of hydrogen-bond donors (Lipinski definition) is 2. The number of piperidine rings is 1. The molecule has 8 nitrogen and oxygen atoms in total. The lowest BCUT2D eigenvalue weighted by atomic mass is 9.73. The highest BCUT2D eigenvalue weighted by molar-refractivity contribution is 7.92. The van der Waals surface area contributed by atoms with Crippen LogP contribution in [0.3, 0.4) is 0 Å². The predicted octanol–water partition coefficient (Wildman–Crippen LogP) is 1.71. The van der Waals surface area contributed by atoms with E-state index >= 15 is 0 Å². The van der Waals surface area contributed by atoms with Gasteiger partial charge in [-0.2, -0.15) is 0 Å². The molecule has 0 amide bonds. The number of carbonyl (C=O) groups excluding carboxylic acids is 2. The van der Waals surface area contributed by atoms with E-state index in [1.54, 1.807) is 0 Å². The molecule has 3 rings (SSSR count). The lowest BCUT2D eigenvalue weighted by Gasteiger charge is -2.45. The highest BCUT2D eigenvalue weighted by Crippen LogP contribution is 2.43. The van der Waals surface area contributed by atoms with Crippen molar-refractivity contribution in [2.24, 2.45) is 5.92 Å². The van der Waals surface area contributed by atoms with Crippen LogP contribution in [0.2, 0.25) is 0 Å². The second-order valence-electron chi connectivity index (χ2n) is 7.32. The van der Waals surface area contributed by atoms with Gasteiger partial charge in [-0.05, 0) is 31.6 Å². The maximum absolute atomic E-state index is 13.2. The van der Waals surface area contributed by atoms with Crippen molar-refractivity contribution in [3.8, 4) is 5.75 Å². The van der Waals surface area contributed by atoms with Crippen LogP contribution >= 0.6 is 0 Å². The number of Topliss-reactive ketones (excluding diaryl/α,β-unsaturated/α-hetero) is 1. The fourth-order valence-electron chi connectivity index (χ4n) is 3.72. The summed E-state index contributed by atoms with van der Waals surface area (Å²) in [5, 5.41) is 3.21. The van der Waals surface area contributed by atoms with Gasteiger partial charge in [0.2, 0.25) is 10.0 Å². The summed E-state index contributed by atoms with van der Waals surface area (Å²) in [6.07, 6.45) is 3.63. The van der Waals surface area contributed by atoms with Gasteiger partial charge in [0.25, 0.3) is 0 Å². The number of ketones is 1. The maximum atomic E-state index is 13.2. The summed E-state index contributed by atoms with van der Waals surface area (Å²) in [5.41, 5.74) is -0.412. The summed E-state index contributed by atoms with van der Waals surface area (Å²) >= 11 is 0. The molecule has 0 bridgehead atoms. The molecule has 2 heterocycles. The van der Waals surface area contributed by atoms with E-state index in [2.05, 4.69) is 10.0 Å². The van der Waals surface area contributed by atoms with Gasteiger partial charge < -0.3 is 14.8 Å². The van der Waals surface area contributed by atoms with E-state index in [4.69, 9.17) is 9.47 Å². The summed E-state index contributed by atoms with van der Waals surface area (Å²) in [6.45, 7) is 3.50. The lowest BCUT2D eigenvalue weighted by molar-refractivity contribution is -0.156. The molecular weight excluding hydrogens is 384 g/mol. The quantitative estimate of drug-likeness (QED) is 0.417. The number of benzene rings is 1. The summed E-state index contributed by atoms with van der Waals surface area (Å²) in [7, 11) is -3.46. The highest BCUT2D eigenvalue weighted by Gasteiger charge is 2.54. The van der Waals surface area contributed by atoms with Gasteiger partial charge in [0.05, 0.1) is 24.1 Å². The van der Waals surface area contributed by atoms with Crippen LogP contribution in [-0.4, -0.2) is 51.7 Å². The molecule has 0 aliphatic carbocycles. The smallest absolute Gasteiger partial charge is 0.321 e. The molecule has 0 saturated carbocycles. The maximum Gasteiger partial charge on any atom is 0.321 e. The Morgan fingerprint density at radius 1 is 1.36 bits per heavy atom. The Morgan fingerprint density at radius 2 is 2.07 bits per heavy atom. The van der Waals surface area contributed by atoms with Gasteiger partial charge in [-0.3, -0.25) is 14.3 Å². The zero-order valence-corrected chi connectivity index (χ0v) is 16.9. The number of nitrogens with one attached hydrogen (secondary N) is 2. The summed E-state index contributed by atoms with van der Waals surface area (Å²) in [6, 6.07) is 4.48. The second-order valence-corrected chi connectivity index (χ2v) is 9.07. The third-order valence-electron chi connectivity index (χ3n) is 5.08. The van der Waals surface area contributed by atoms with Crippen LogP contribution in [0.15, 0.2) is 18.2 Å². The zero-order valence-electron chi connectivity index (χ0n) is 16.1. The second kappa shape index (κ2) is 8.08. The molecule has 2 aliphatic heterocycles. The van der Waals surface area contributed by atoms with Crippen molar-refractivity contribution in [3.05, 3.63) is 23.8 Å². The Bertz CT molecular complexity index is 861. The van der Waals surface area contributed by atoms with E-state index in [0.29, 0.717) is 31.6 Å². The molecule has 0 radical (unpaired) electrons. The van der Waals surface area contributed by atoms with E-state index in [9.17, 15) is 18.0 Å². The van der Waals surface area contributed by atoms with E-state index < -0.39 is 27.5 Å². The number of anilines is 1. The molecule has 1 saturated heterocycles. The van der Waals surface area contributed by atoms with Gasteiger partial charge in [-0.25, -0.2) is 8.42 Å². The average molecular weight is 410 g/mol. The van der Waals surface area contributed by atoms with Crippen LogP contribution in [-0.2, 0) is 19.6 Å². The first-order valence-electron chi connectivity index (χ1n) is 9.48. The largest absolute Gasteiger partial charge is 0.485 e. The van der Waals surface area contributed by atoms with Crippen molar-refractivity contribution in [1.29, 1.82) is 0 Å². The van der Waals surface area contributed by atoms with Crippen LogP contribution in [0.25, 0.3) is 0 Å². The van der Waals surface area contributed by atoms with Gasteiger partial charge in [0, 0.05) is 18.9 Å². The lowest BCUT2D eigenvalue weighted by Crippen LogP contribution is -2.58. The minimum absolute atomic E-state index is 0.264. The van der Waals surface area contributed by atoms with Crippen LogP contribution in [0.5, 0.6) is 5.75 Å². The van der Waals surface area contributed by atoms with Crippen molar-refractivity contribution >= 4 is 27.5 Å². The summed E-state index contributed by atoms with van der Waals surface area (Å²) in [4.78, 5) is 26.0. The first-order valence-corrected chi connectivity index (χ1v) is 11.4. The molecular formula is C19H26N2O6S. The number of esters is 1. The molecule has 9 heteroatoms. The molecule has 154 valence electrons. The van der Waals surface area contributed by atoms with E-state index in [-0.39, 0.29) is 23.7 Å². The Kier molecular flexibility index (Phi) is 5.95. The molecule has 1 aromatic carbocycles. The first kappa shape index (κ1) is 20.6. The Morgan fingerprint density at radius 3 is 2.71 bits per heavy atom. The van der Waals surface area contributed by atoms with Gasteiger partial charge in [0.15, 0.2) is 11.7 Å². The predicted molar refractivity (Wildman–Crippen MR) is 104 cm³/mol. The van der Waals surface area contributed by atoms with Crippen LogP contribution in [0, 0.1) is 5.92 Å². The number of ether oxygens (including phenoxy) is 2. The van der Waals surface area contributed by atoms with E-state index in [1.165, 1.54) is 18.2 Å². The molecule has 1 aromatic rings. The summed E-state index contributed by atoms with van der Waals surface area (Å²) in [5.74, 6) is -1.62. The molecule has 0 aromatic heterocycles. The first-order chi connectivity index (χ1) is 13.3. The molecule has 1 fully saturated rings. The molecule has 0 unspecified atom stereocenters. The van der Waals surface area contributed by atoms with Gasteiger partial charge in [0.1, 0.15) is 11.4 Å². The number of unbranched alkanes of at least 4 members (excludes halogenated alkanes) is 1. The number of hydrogen-bond acceptors (Lipinski definition) is 7. The zero-order chi connectivity index (χ0) is 20.4.